The third-order valence-electron chi connectivity index (χ3n) is 8.44. The van der Waals surface area contributed by atoms with Crippen molar-refractivity contribution >= 4 is 29.1 Å². The Morgan fingerprint density at radius 1 is 1.12 bits per heavy atom. The summed E-state index contributed by atoms with van der Waals surface area (Å²) in [7, 11) is 5.95. The minimum absolute atomic E-state index is 0.105. The number of ether oxygens (including phenoxy) is 1. The smallest absolute Gasteiger partial charge is 0.430 e. The van der Waals surface area contributed by atoms with Crippen molar-refractivity contribution in [1.29, 1.82) is 0 Å². The van der Waals surface area contributed by atoms with Gasteiger partial charge in [0.25, 0.3) is 17.4 Å². The van der Waals surface area contributed by atoms with E-state index >= 15 is 0 Å². The van der Waals surface area contributed by atoms with Crippen molar-refractivity contribution in [2.45, 2.75) is 37.5 Å². The number of carbonyl (C=O) groups excluding carboxylic acids is 2. The van der Waals surface area contributed by atoms with Crippen molar-refractivity contribution in [3.8, 4) is 5.75 Å². The van der Waals surface area contributed by atoms with Crippen LogP contribution in [0.1, 0.15) is 41.6 Å². The van der Waals surface area contributed by atoms with Gasteiger partial charge in [0.05, 0.1) is 17.7 Å². The minimum Gasteiger partial charge on any atom is -0.497 e. The van der Waals surface area contributed by atoms with Gasteiger partial charge in [-0.15, -0.1) is 0 Å². The predicted octanol–water partition coefficient (Wildman–Crippen LogP) is 4.96. The molecule has 1 saturated carbocycles. The fourth-order valence-corrected chi connectivity index (χ4v) is 6.02. The van der Waals surface area contributed by atoms with Crippen molar-refractivity contribution in [2.75, 3.05) is 52.8 Å². The van der Waals surface area contributed by atoms with Gasteiger partial charge in [-0.25, -0.2) is 0 Å². The first-order chi connectivity index (χ1) is 18.7. The Bertz CT molecular complexity index is 1260. The van der Waals surface area contributed by atoms with Crippen LogP contribution in [0.15, 0.2) is 42.5 Å². The molecule has 218 valence electrons. The molecule has 11 heteroatoms. The van der Waals surface area contributed by atoms with Gasteiger partial charge in [-0.3, -0.25) is 9.59 Å². The molecule has 2 fully saturated rings. The average Bonchev–Trinajstić information content (AvgIpc) is 3.60. The van der Waals surface area contributed by atoms with Crippen molar-refractivity contribution in [1.82, 2.24) is 9.80 Å². The van der Waals surface area contributed by atoms with Crippen LogP contribution < -0.4 is 9.64 Å². The van der Waals surface area contributed by atoms with Gasteiger partial charge in [0.15, 0.2) is 0 Å². The van der Waals surface area contributed by atoms with E-state index in [1.807, 2.05) is 12.1 Å². The maximum absolute atomic E-state index is 14.1. The summed E-state index contributed by atoms with van der Waals surface area (Å²) in [6.45, 7) is 1.70. The molecule has 2 amide bonds. The molecule has 4 rings (SSSR count). The fourth-order valence-electron chi connectivity index (χ4n) is 5.76. The number of carbonyl (C=O) groups is 2. The van der Waals surface area contributed by atoms with Crippen LogP contribution in [0.3, 0.4) is 0 Å². The monoisotopic (exact) mass is 581 g/mol. The highest BCUT2D eigenvalue weighted by Crippen LogP contribution is 2.61. The van der Waals surface area contributed by atoms with Crippen molar-refractivity contribution in [2.24, 2.45) is 11.3 Å². The summed E-state index contributed by atoms with van der Waals surface area (Å²) >= 11 is 6.39. The lowest BCUT2D eigenvalue weighted by Gasteiger charge is -2.35. The maximum atomic E-state index is 14.1. The van der Waals surface area contributed by atoms with E-state index in [1.165, 1.54) is 31.2 Å². The highest BCUT2D eigenvalue weighted by Gasteiger charge is 2.62. The summed E-state index contributed by atoms with van der Waals surface area (Å²) < 4.78 is 47.2. The van der Waals surface area contributed by atoms with E-state index in [9.17, 15) is 27.9 Å². The molecule has 1 aliphatic heterocycles. The van der Waals surface area contributed by atoms with Crippen LogP contribution >= 0.6 is 11.6 Å². The largest absolute Gasteiger partial charge is 0.497 e. The number of aliphatic hydroxyl groups is 1. The van der Waals surface area contributed by atoms with Crippen LogP contribution in [0.2, 0.25) is 5.02 Å². The second-order valence-electron chi connectivity index (χ2n) is 11.1. The minimum atomic E-state index is -5.21. The molecule has 0 radical (unpaired) electrons. The van der Waals surface area contributed by atoms with Gasteiger partial charge in [-0.05, 0) is 67.3 Å². The molecule has 2 aromatic rings. The Morgan fingerprint density at radius 3 is 2.38 bits per heavy atom. The molecule has 2 aliphatic rings. The first-order valence-electron chi connectivity index (χ1n) is 13.2. The van der Waals surface area contributed by atoms with E-state index in [4.69, 9.17) is 16.3 Å². The number of alkyl halides is 3. The van der Waals surface area contributed by atoms with Crippen LogP contribution in [0.5, 0.6) is 5.75 Å². The van der Waals surface area contributed by atoms with E-state index in [1.54, 1.807) is 20.2 Å². The van der Waals surface area contributed by atoms with Gasteiger partial charge in [0.1, 0.15) is 5.75 Å². The molecule has 1 aliphatic carbocycles. The number of halogens is 4. The zero-order valence-corrected chi connectivity index (χ0v) is 23.8. The quantitative estimate of drug-likeness (QED) is 0.477. The molecular weight excluding hydrogens is 547 g/mol. The average molecular weight is 582 g/mol. The predicted molar refractivity (Wildman–Crippen MR) is 147 cm³/mol. The van der Waals surface area contributed by atoms with E-state index in [0.717, 1.165) is 55.1 Å². The number of benzene rings is 2. The molecule has 1 saturated heterocycles. The number of likely N-dealkylation sites (N-methyl/N-ethyl adjacent to an activating group) is 1. The molecular formula is C29H35ClF3N3O4. The number of hydrogen-bond donors (Lipinski definition) is 1. The first kappa shape index (κ1) is 30.0. The molecule has 0 aromatic heterocycles. The number of anilines is 1. The Balaban J connectivity index is 1.35. The molecule has 7 nitrogen and oxygen atoms in total. The Hall–Kier alpha value is -2.98. The normalized spacial score (nSPS) is 19.6. The van der Waals surface area contributed by atoms with Gasteiger partial charge in [-0.2, -0.15) is 13.2 Å². The van der Waals surface area contributed by atoms with Gasteiger partial charge < -0.3 is 24.5 Å². The summed E-state index contributed by atoms with van der Waals surface area (Å²) in [6, 6.07) is 10.3. The van der Waals surface area contributed by atoms with Gasteiger partial charge in [0.2, 0.25) is 0 Å². The third-order valence-corrected chi connectivity index (χ3v) is 8.75. The van der Waals surface area contributed by atoms with E-state index in [0.29, 0.717) is 22.9 Å². The number of hydrogen-bond acceptors (Lipinski definition) is 5. The lowest BCUT2D eigenvalue weighted by Crippen LogP contribution is -2.55. The lowest BCUT2D eigenvalue weighted by atomic mass is 9.89. The van der Waals surface area contributed by atoms with Gasteiger partial charge in [0, 0.05) is 52.0 Å². The first-order valence-corrected chi connectivity index (χ1v) is 13.6. The Labute approximate surface area is 237 Å². The molecule has 2 aromatic carbocycles. The number of amides is 2. The lowest BCUT2D eigenvalue weighted by molar-refractivity contribution is -0.261. The standard InChI is InChI=1S/C29H35ClF3N3O4/c1-34(2)25(37)23-9-8-21(17-24(23)30)36-14-11-27(12-15-36)18-20(27)10-13-35(3)26(38)28(39,29(31,32)33)19-6-5-7-22(16-19)40-4/h5-9,16-17,20,39H,10-15,18H2,1-4H3. The molecule has 2 atom stereocenters. The van der Waals surface area contributed by atoms with Crippen LogP contribution in [-0.4, -0.2) is 80.8 Å². The van der Waals surface area contributed by atoms with Crippen molar-refractivity contribution in [3.05, 3.63) is 58.6 Å². The highest BCUT2D eigenvalue weighted by molar-refractivity contribution is 6.34. The van der Waals surface area contributed by atoms with E-state index in [2.05, 4.69) is 4.90 Å². The summed E-state index contributed by atoms with van der Waals surface area (Å²) in [6.07, 6.45) is -1.86. The summed E-state index contributed by atoms with van der Waals surface area (Å²) in [4.78, 5) is 30.0. The van der Waals surface area contributed by atoms with Crippen LogP contribution in [0, 0.1) is 11.3 Å². The highest BCUT2D eigenvalue weighted by atomic mass is 35.5. The number of nitrogens with zero attached hydrogens (tertiary/aromatic N) is 3. The topological polar surface area (TPSA) is 73.3 Å². The van der Waals surface area contributed by atoms with Crippen LogP contribution in [0.25, 0.3) is 0 Å². The summed E-state index contributed by atoms with van der Waals surface area (Å²) in [5, 5.41) is 11.1. The molecule has 2 unspecified atom stereocenters. The van der Waals surface area contributed by atoms with Crippen molar-refractivity contribution < 1.29 is 32.6 Å². The zero-order valence-electron chi connectivity index (χ0n) is 23.1. The molecule has 1 N–H and O–H groups in total. The van der Waals surface area contributed by atoms with E-state index in [-0.39, 0.29) is 23.6 Å². The van der Waals surface area contributed by atoms with Gasteiger partial charge in [-0.1, -0.05) is 23.7 Å². The molecule has 0 bridgehead atoms. The van der Waals surface area contributed by atoms with Crippen LogP contribution in [0.4, 0.5) is 18.9 Å². The number of piperidine rings is 1. The summed E-state index contributed by atoms with van der Waals surface area (Å²) in [5.74, 6) is -1.16. The molecule has 1 spiro atoms. The Kier molecular flexibility index (Phi) is 8.34. The summed E-state index contributed by atoms with van der Waals surface area (Å²) in [5.41, 5.74) is -2.74. The fraction of sp³-hybridized carbons (Fsp3) is 0.517. The SMILES string of the molecule is COc1cccc(C(O)(C(=O)N(C)CCC2CC23CCN(c2ccc(C(=O)N(C)C)c(Cl)c2)CC3)C(F)(F)F)c1. The second-order valence-corrected chi connectivity index (χ2v) is 11.5. The van der Waals surface area contributed by atoms with Gasteiger partial charge >= 0.3 is 6.18 Å². The number of methoxy groups -OCH3 is 1. The van der Waals surface area contributed by atoms with Crippen LogP contribution in [-0.2, 0) is 10.4 Å². The second kappa shape index (κ2) is 11.1. The number of rotatable bonds is 8. The van der Waals surface area contributed by atoms with Crippen molar-refractivity contribution in [3.63, 3.8) is 0 Å². The van der Waals surface area contributed by atoms with E-state index < -0.39 is 23.2 Å². The zero-order chi connectivity index (χ0) is 29.5. The molecule has 1 heterocycles. The third kappa shape index (κ3) is 5.61. The Morgan fingerprint density at radius 2 is 1.80 bits per heavy atom. The molecule has 40 heavy (non-hydrogen) atoms. The maximum Gasteiger partial charge on any atom is 0.430 e.